The lowest BCUT2D eigenvalue weighted by Crippen LogP contribution is -2.39. The van der Waals surface area contributed by atoms with E-state index in [1.807, 2.05) is 33.0 Å². The molecule has 0 aromatic carbocycles. The number of hydrogen-bond donors (Lipinski definition) is 1. The molecule has 1 fully saturated rings. The number of aryl methyl sites for hydroxylation is 2. The molecule has 0 atom stereocenters. The van der Waals surface area contributed by atoms with E-state index in [9.17, 15) is 4.79 Å². The van der Waals surface area contributed by atoms with Gasteiger partial charge in [-0.3, -0.25) is 14.5 Å². The molecule has 2 heterocycles. The molecule has 6 heteroatoms. The van der Waals surface area contributed by atoms with Gasteiger partial charge in [0.25, 0.3) is 5.91 Å². The van der Waals surface area contributed by atoms with Crippen molar-refractivity contribution in [3.63, 3.8) is 0 Å². The number of carbonyl (C=O) groups excluding carboxylic acids is 1. The molecule has 0 aliphatic heterocycles. The molecule has 0 saturated heterocycles. The van der Waals surface area contributed by atoms with Crippen molar-refractivity contribution in [3.05, 3.63) is 41.5 Å². The number of nitrogens with zero attached hydrogens (tertiary/aromatic N) is 3. The van der Waals surface area contributed by atoms with Crippen LogP contribution in [0.1, 0.15) is 47.4 Å². The van der Waals surface area contributed by atoms with Gasteiger partial charge in [0.2, 0.25) is 0 Å². The van der Waals surface area contributed by atoms with E-state index in [-0.39, 0.29) is 18.1 Å². The van der Waals surface area contributed by atoms with Gasteiger partial charge in [0.1, 0.15) is 5.75 Å². The van der Waals surface area contributed by atoms with Gasteiger partial charge in [-0.25, -0.2) is 0 Å². The molecule has 24 heavy (non-hydrogen) atoms. The zero-order chi connectivity index (χ0) is 17.1. The predicted molar refractivity (Wildman–Crippen MR) is 91.1 cm³/mol. The maximum Gasteiger partial charge on any atom is 0.254 e. The van der Waals surface area contributed by atoms with Gasteiger partial charge in [-0.15, -0.1) is 0 Å². The number of amides is 1. The highest BCUT2D eigenvalue weighted by atomic mass is 16.5. The summed E-state index contributed by atoms with van der Waals surface area (Å²) in [6.45, 7) is 3.86. The predicted octanol–water partition coefficient (Wildman–Crippen LogP) is 2.55. The summed E-state index contributed by atoms with van der Waals surface area (Å²) >= 11 is 0. The molecule has 1 N–H and O–H groups in total. The molecule has 0 bridgehead atoms. The number of ether oxygens (including phenoxy) is 1. The van der Waals surface area contributed by atoms with Crippen LogP contribution in [0.5, 0.6) is 5.75 Å². The van der Waals surface area contributed by atoms with Crippen molar-refractivity contribution in [1.82, 2.24) is 20.1 Å². The largest absolute Gasteiger partial charge is 0.489 e. The average Bonchev–Trinajstić information content (AvgIpc) is 2.91. The Hall–Kier alpha value is -2.37. The Morgan fingerprint density at radius 1 is 1.29 bits per heavy atom. The first-order valence-electron chi connectivity index (χ1n) is 8.42. The maximum atomic E-state index is 12.4. The van der Waals surface area contributed by atoms with Crippen LogP contribution in [0.15, 0.2) is 24.5 Å². The Bertz CT molecular complexity index is 718. The van der Waals surface area contributed by atoms with Crippen molar-refractivity contribution in [2.24, 2.45) is 7.05 Å². The first kappa shape index (κ1) is 16.5. The van der Waals surface area contributed by atoms with E-state index in [4.69, 9.17) is 4.74 Å². The lowest BCUT2D eigenvalue weighted by molar-refractivity contribution is 0.0892. The fraction of sp³-hybridized carbons (Fsp3) is 0.500. The van der Waals surface area contributed by atoms with E-state index in [1.54, 1.807) is 17.1 Å². The van der Waals surface area contributed by atoms with Gasteiger partial charge < -0.3 is 10.1 Å². The lowest BCUT2D eigenvalue weighted by Gasteiger charge is -2.29. The van der Waals surface area contributed by atoms with Gasteiger partial charge in [-0.05, 0) is 51.7 Å². The third-order valence-corrected chi connectivity index (χ3v) is 4.74. The highest BCUT2D eigenvalue weighted by molar-refractivity contribution is 5.95. The summed E-state index contributed by atoms with van der Waals surface area (Å²) in [6, 6.07) is 4.05. The Morgan fingerprint density at radius 3 is 2.67 bits per heavy atom. The summed E-state index contributed by atoms with van der Waals surface area (Å²) in [6.07, 6.45) is 7.32. The normalized spacial score (nSPS) is 20.6. The third kappa shape index (κ3) is 3.58. The first-order valence-corrected chi connectivity index (χ1v) is 8.42. The van der Waals surface area contributed by atoms with Crippen LogP contribution < -0.4 is 10.1 Å². The van der Waals surface area contributed by atoms with Crippen LogP contribution in [0.3, 0.4) is 0 Å². The summed E-state index contributed by atoms with van der Waals surface area (Å²) < 4.78 is 7.78. The Balaban J connectivity index is 1.51. The maximum absolute atomic E-state index is 12.4. The first-order chi connectivity index (χ1) is 11.5. The minimum atomic E-state index is -0.0342. The fourth-order valence-corrected chi connectivity index (χ4v) is 3.08. The molecule has 1 saturated carbocycles. The second-order valence-corrected chi connectivity index (χ2v) is 6.42. The SMILES string of the molecule is Cc1ncccc1OC1CCC(NC(=O)c2cnn(C)c2C)CC1. The highest BCUT2D eigenvalue weighted by Crippen LogP contribution is 2.25. The van der Waals surface area contributed by atoms with E-state index in [0.717, 1.165) is 42.8 Å². The van der Waals surface area contributed by atoms with Crippen molar-refractivity contribution in [3.8, 4) is 5.75 Å². The summed E-state index contributed by atoms with van der Waals surface area (Å²) in [5.74, 6) is 0.823. The second kappa shape index (κ2) is 7.03. The van der Waals surface area contributed by atoms with Gasteiger partial charge in [-0.1, -0.05) is 0 Å². The quantitative estimate of drug-likeness (QED) is 0.936. The minimum absolute atomic E-state index is 0.0342. The Morgan fingerprint density at radius 2 is 2.04 bits per heavy atom. The Kier molecular flexibility index (Phi) is 4.83. The number of nitrogens with one attached hydrogen (secondary N) is 1. The molecule has 0 spiro atoms. The molecule has 1 aliphatic rings. The van der Waals surface area contributed by atoms with E-state index in [2.05, 4.69) is 15.4 Å². The lowest BCUT2D eigenvalue weighted by atomic mass is 9.92. The summed E-state index contributed by atoms with van der Waals surface area (Å²) in [5.41, 5.74) is 2.46. The molecule has 2 aromatic heterocycles. The molecule has 1 aliphatic carbocycles. The van der Waals surface area contributed by atoms with Crippen molar-refractivity contribution in [1.29, 1.82) is 0 Å². The number of rotatable bonds is 4. The van der Waals surface area contributed by atoms with Crippen LogP contribution >= 0.6 is 0 Å². The summed E-state index contributed by atoms with van der Waals surface area (Å²) in [7, 11) is 1.84. The Labute approximate surface area is 142 Å². The molecular formula is C18H24N4O2. The smallest absolute Gasteiger partial charge is 0.254 e. The van der Waals surface area contributed by atoms with Gasteiger partial charge >= 0.3 is 0 Å². The van der Waals surface area contributed by atoms with Gasteiger partial charge in [0, 0.05) is 25.0 Å². The van der Waals surface area contributed by atoms with Crippen LogP contribution in [0.4, 0.5) is 0 Å². The van der Waals surface area contributed by atoms with Crippen LogP contribution in [-0.4, -0.2) is 32.8 Å². The topological polar surface area (TPSA) is 69.0 Å². The zero-order valence-corrected chi connectivity index (χ0v) is 14.5. The van der Waals surface area contributed by atoms with Crippen molar-refractivity contribution in [2.75, 3.05) is 0 Å². The molecule has 6 nitrogen and oxygen atoms in total. The summed E-state index contributed by atoms with van der Waals surface area (Å²) in [4.78, 5) is 16.6. The zero-order valence-electron chi connectivity index (χ0n) is 14.5. The molecule has 3 rings (SSSR count). The van der Waals surface area contributed by atoms with Gasteiger partial charge in [0.05, 0.1) is 23.6 Å². The van der Waals surface area contributed by atoms with Gasteiger partial charge in [-0.2, -0.15) is 5.10 Å². The molecule has 0 unspecified atom stereocenters. The van der Waals surface area contributed by atoms with Crippen LogP contribution in [0, 0.1) is 13.8 Å². The minimum Gasteiger partial charge on any atom is -0.489 e. The third-order valence-electron chi connectivity index (χ3n) is 4.74. The van der Waals surface area contributed by atoms with E-state index >= 15 is 0 Å². The van der Waals surface area contributed by atoms with Crippen molar-refractivity contribution < 1.29 is 9.53 Å². The molecule has 2 aromatic rings. The average molecular weight is 328 g/mol. The standard InChI is InChI=1S/C18H24N4O2/c1-12-17(5-4-10-19-12)24-15-8-6-14(7-9-15)21-18(23)16-11-20-22(3)13(16)2/h4-5,10-11,14-15H,6-9H2,1-3H3,(H,21,23). The monoisotopic (exact) mass is 328 g/mol. The fourth-order valence-electron chi connectivity index (χ4n) is 3.08. The van der Waals surface area contributed by atoms with Gasteiger partial charge in [0.15, 0.2) is 0 Å². The number of pyridine rings is 1. The number of carbonyl (C=O) groups is 1. The molecule has 128 valence electrons. The molecule has 0 radical (unpaired) electrons. The van der Waals surface area contributed by atoms with Crippen molar-refractivity contribution >= 4 is 5.91 Å². The highest BCUT2D eigenvalue weighted by Gasteiger charge is 2.25. The second-order valence-electron chi connectivity index (χ2n) is 6.42. The van der Waals surface area contributed by atoms with Crippen molar-refractivity contribution in [2.45, 2.75) is 51.7 Å². The van der Waals surface area contributed by atoms with Crippen LogP contribution in [0.25, 0.3) is 0 Å². The molecule has 1 amide bonds. The number of hydrogen-bond acceptors (Lipinski definition) is 4. The number of aromatic nitrogens is 3. The molecular weight excluding hydrogens is 304 g/mol. The summed E-state index contributed by atoms with van der Waals surface area (Å²) in [5, 5.41) is 7.25. The van der Waals surface area contributed by atoms with E-state index in [1.165, 1.54) is 0 Å². The van der Waals surface area contributed by atoms with Crippen LogP contribution in [-0.2, 0) is 7.05 Å². The van der Waals surface area contributed by atoms with Crippen LogP contribution in [0.2, 0.25) is 0 Å². The van der Waals surface area contributed by atoms with E-state index in [0.29, 0.717) is 5.56 Å². The van der Waals surface area contributed by atoms with E-state index < -0.39 is 0 Å².